The Hall–Kier alpha value is -0.610. The third-order valence-corrected chi connectivity index (χ3v) is 4.25. The fourth-order valence-electron chi connectivity index (χ4n) is 3.09. The van der Waals surface area contributed by atoms with Crippen LogP contribution in [0.15, 0.2) is 0 Å². The molecule has 0 bridgehead atoms. The Morgan fingerprint density at radius 1 is 1.47 bits per heavy atom. The molecule has 2 fully saturated rings. The second-order valence-electron chi connectivity index (χ2n) is 5.93. The second-order valence-corrected chi connectivity index (χ2v) is 5.93. The van der Waals surface area contributed by atoms with Gasteiger partial charge in [-0.05, 0) is 38.0 Å². The first-order valence-corrected chi connectivity index (χ1v) is 6.58. The Bertz CT molecular complexity index is 304. The first kappa shape index (κ1) is 12.8. The molecule has 0 spiro atoms. The van der Waals surface area contributed by atoms with Crippen LogP contribution in [0.4, 0.5) is 0 Å². The molecule has 0 aromatic rings. The fraction of sp³-hybridized carbons (Fsp3) is 0.923. The van der Waals surface area contributed by atoms with Gasteiger partial charge in [-0.15, -0.1) is 0 Å². The van der Waals surface area contributed by atoms with E-state index in [2.05, 4.69) is 18.7 Å². The maximum Gasteiger partial charge on any atom is 0.327 e. The highest BCUT2D eigenvalue weighted by atomic mass is 16.5. The number of esters is 1. The lowest BCUT2D eigenvalue weighted by atomic mass is 9.93. The number of carbonyl (C=O) groups excluding carboxylic acids is 1. The lowest BCUT2D eigenvalue weighted by Gasteiger charge is -2.33. The second kappa shape index (κ2) is 4.58. The lowest BCUT2D eigenvalue weighted by molar-refractivity contribution is -0.149. The van der Waals surface area contributed by atoms with Crippen molar-refractivity contribution in [2.45, 2.75) is 44.7 Å². The largest absolute Gasteiger partial charge is 0.468 e. The van der Waals surface area contributed by atoms with Crippen LogP contribution in [0, 0.1) is 11.8 Å². The molecule has 1 heterocycles. The van der Waals surface area contributed by atoms with Gasteiger partial charge in [0.05, 0.1) is 7.11 Å². The first-order chi connectivity index (χ1) is 7.97. The Kier molecular flexibility index (Phi) is 3.46. The summed E-state index contributed by atoms with van der Waals surface area (Å²) in [5.74, 6) is 0.774. The number of nitrogens with two attached hydrogens (primary N) is 1. The van der Waals surface area contributed by atoms with Crippen molar-refractivity contribution in [1.82, 2.24) is 4.90 Å². The van der Waals surface area contributed by atoms with Crippen LogP contribution in [0.2, 0.25) is 0 Å². The number of hydrogen-bond acceptors (Lipinski definition) is 4. The Morgan fingerprint density at radius 2 is 2.12 bits per heavy atom. The summed E-state index contributed by atoms with van der Waals surface area (Å²) in [6.45, 7) is 6.16. The van der Waals surface area contributed by atoms with Crippen LogP contribution in [-0.4, -0.2) is 42.6 Å². The van der Waals surface area contributed by atoms with Gasteiger partial charge in [-0.1, -0.05) is 6.92 Å². The van der Waals surface area contributed by atoms with E-state index in [9.17, 15) is 4.79 Å². The molecule has 1 aliphatic carbocycles. The van der Waals surface area contributed by atoms with Gasteiger partial charge in [0, 0.05) is 19.1 Å². The van der Waals surface area contributed by atoms with Crippen LogP contribution in [0.25, 0.3) is 0 Å². The van der Waals surface area contributed by atoms with Gasteiger partial charge in [-0.25, -0.2) is 0 Å². The van der Waals surface area contributed by atoms with Crippen molar-refractivity contribution in [3.63, 3.8) is 0 Å². The van der Waals surface area contributed by atoms with E-state index in [-0.39, 0.29) is 5.97 Å². The number of carbonyl (C=O) groups is 1. The van der Waals surface area contributed by atoms with E-state index in [4.69, 9.17) is 10.5 Å². The fourth-order valence-corrected chi connectivity index (χ4v) is 3.09. The SMILES string of the molecule is COC(=O)C(N)(CN1CC(C)CC1C)C1CC1. The number of hydrogen-bond donors (Lipinski definition) is 1. The molecule has 2 rings (SSSR count). The molecule has 0 aromatic heterocycles. The molecule has 4 nitrogen and oxygen atoms in total. The van der Waals surface area contributed by atoms with Gasteiger partial charge in [-0.3, -0.25) is 9.69 Å². The summed E-state index contributed by atoms with van der Waals surface area (Å²) in [7, 11) is 1.43. The van der Waals surface area contributed by atoms with E-state index in [0.717, 1.165) is 19.4 Å². The maximum atomic E-state index is 11.9. The van der Waals surface area contributed by atoms with Crippen molar-refractivity contribution < 1.29 is 9.53 Å². The molecule has 1 saturated carbocycles. The Balaban J connectivity index is 2.05. The Morgan fingerprint density at radius 3 is 2.53 bits per heavy atom. The van der Waals surface area contributed by atoms with E-state index in [1.165, 1.54) is 13.5 Å². The first-order valence-electron chi connectivity index (χ1n) is 6.58. The average Bonchev–Trinajstić information content (AvgIpc) is 3.06. The van der Waals surface area contributed by atoms with Gasteiger partial charge >= 0.3 is 5.97 Å². The third-order valence-electron chi connectivity index (χ3n) is 4.25. The van der Waals surface area contributed by atoms with Crippen LogP contribution >= 0.6 is 0 Å². The standard InChI is InChI=1S/C13H24N2O2/c1-9-6-10(2)15(7-9)8-13(14,11-4-5-11)12(16)17-3/h9-11H,4-8,14H2,1-3H3. The Labute approximate surface area is 103 Å². The zero-order valence-electron chi connectivity index (χ0n) is 11.1. The molecule has 0 radical (unpaired) electrons. The number of ether oxygens (including phenoxy) is 1. The summed E-state index contributed by atoms with van der Waals surface area (Å²) >= 11 is 0. The molecule has 3 atom stereocenters. The predicted molar refractivity (Wildman–Crippen MR) is 66.5 cm³/mol. The smallest absolute Gasteiger partial charge is 0.327 e. The minimum Gasteiger partial charge on any atom is -0.468 e. The van der Waals surface area contributed by atoms with Gasteiger partial charge < -0.3 is 10.5 Å². The van der Waals surface area contributed by atoms with Gasteiger partial charge in [-0.2, -0.15) is 0 Å². The monoisotopic (exact) mass is 240 g/mol. The van der Waals surface area contributed by atoms with Crippen LogP contribution in [0.5, 0.6) is 0 Å². The minimum absolute atomic E-state index is 0.244. The van der Waals surface area contributed by atoms with Gasteiger partial charge in [0.25, 0.3) is 0 Å². The van der Waals surface area contributed by atoms with Crippen molar-refractivity contribution in [3.8, 4) is 0 Å². The molecular weight excluding hydrogens is 216 g/mol. The summed E-state index contributed by atoms with van der Waals surface area (Å²) < 4.78 is 4.90. The molecule has 0 aromatic carbocycles. The van der Waals surface area contributed by atoms with Crippen LogP contribution < -0.4 is 5.73 Å². The number of rotatable bonds is 4. The van der Waals surface area contributed by atoms with E-state index in [1.54, 1.807) is 0 Å². The van der Waals surface area contributed by atoms with Crippen LogP contribution in [0.3, 0.4) is 0 Å². The van der Waals surface area contributed by atoms with Crippen LogP contribution in [0.1, 0.15) is 33.1 Å². The van der Waals surface area contributed by atoms with Crippen LogP contribution in [-0.2, 0) is 9.53 Å². The molecule has 3 unspecified atom stereocenters. The topological polar surface area (TPSA) is 55.6 Å². The average molecular weight is 240 g/mol. The van der Waals surface area contributed by atoms with E-state index < -0.39 is 5.54 Å². The molecule has 98 valence electrons. The van der Waals surface area contributed by atoms with Gasteiger partial charge in [0.1, 0.15) is 5.54 Å². The quantitative estimate of drug-likeness (QED) is 0.745. The maximum absolute atomic E-state index is 11.9. The molecule has 1 aliphatic heterocycles. The van der Waals surface area contributed by atoms with Crippen molar-refractivity contribution in [1.29, 1.82) is 0 Å². The van der Waals surface area contributed by atoms with Gasteiger partial charge in [0.2, 0.25) is 0 Å². The summed E-state index contributed by atoms with van der Waals surface area (Å²) in [6, 6.07) is 0.524. The minimum atomic E-state index is -0.785. The molecule has 2 aliphatic rings. The molecule has 0 amide bonds. The zero-order valence-corrected chi connectivity index (χ0v) is 11.1. The molecule has 1 saturated heterocycles. The summed E-state index contributed by atoms with van der Waals surface area (Å²) in [5, 5.41) is 0. The highest BCUT2D eigenvalue weighted by Crippen LogP contribution is 2.40. The molecule has 4 heteroatoms. The summed E-state index contributed by atoms with van der Waals surface area (Å²) in [5.41, 5.74) is 5.54. The lowest BCUT2D eigenvalue weighted by Crippen LogP contribution is -2.59. The number of likely N-dealkylation sites (tertiary alicyclic amines) is 1. The number of methoxy groups -OCH3 is 1. The highest BCUT2D eigenvalue weighted by molar-refractivity contribution is 5.81. The molecule has 2 N–H and O–H groups in total. The van der Waals surface area contributed by atoms with E-state index >= 15 is 0 Å². The van der Waals surface area contributed by atoms with Crippen molar-refractivity contribution in [2.24, 2.45) is 17.6 Å². The molecular formula is C13H24N2O2. The van der Waals surface area contributed by atoms with E-state index in [0.29, 0.717) is 24.4 Å². The zero-order chi connectivity index (χ0) is 12.6. The normalized spacial score (nSPS) is 33.4. The highest BCUT2D eigenvalue weighted by Gasteiger charge is 2.50. The van der Waals surface area contributed by atoms with Crippen molar-refractivity contribution in [2.75, 3.05) is 20.2 Å². The van der Waals surface area contributed by atoms with Gasteiger partial charge in [0.15, 0.2) is 0 Å². The summed E-state index contributed by atoms with van der Waals surface area (Å²) in [4.78, 5) is 14.3. The van der Waals surface area contributed by atoms with Crippen molar-refractivity contribution >= 4 is 5.97 Å². The predicted octanol–water partition coefficient (Wildman–Crippen LogP) is 0.997. The van der Waals surface area contributed by atoms with Crippen molar-refractivity contribution in [3.05, 3.63) is 0 Å². The third kappa shape index (κ3) is 2.47. The summed E-state index contributed by atoms with van der Waals surface area (Å²) in [6.07, 6.45) is 3.31. The van der Waals surface area contributed by atoms with E-state index in [1.807, 2.05) is 0 Å². The molecule has 17 heavy (non-hydrogen) atoms. The number of nitrogens with zero attached hydrogens (tertiary/aromatic N) is 1.